The van der Waals surface area contributed by atoms with Gasteiger partial charge in [0.25, 0.3) is 0 Å². The molecule has 0 heterocycles. The topological polar surface area (TPSA) is 46.2 Å². The zero-order valence-corrected chi connectivity index (χ0v) is 10.2. The van der Waals surface area contributed by atoms with Gasteiger partial charge in [0.05, 0.1) is 5.02 Å². The van der Waals surface area contributed by atoms with Gasteiger partial charge in [-0.25, -0.2) is 0 Å². The molecule has 84 valence electrons. The molecule has 0 aliphatic heterocycles. The minimum atomic E-state index is -0.330. The quantitative estimate of drug-likeness (QED) is 0.821. The predicted molar refractivity (Wildman–Crippen MR) is 67.1 cm³/mol. The van der Waals surface area contributed by atoms with Crippen molar-refractivity contribution in [3.63, 3.8) is 0 Å². The van der Waals surface area contributed by atoms with Crippen LogP contribution in [0.3, 0.4) is 0 Å². The highest BCUT2D eigenvalue weighted by Crippen LogP contribution is 2.34. The van der Waals surface area contributed by atoms with Crippen LogP contribution in [0.4, 0.5) is 0 Å². The van der Waals surface area contributed by atoms with Gasteiger partial charge < -0.3 is 10.8 Å². The third kappa shape index (κ3) is 3.58. The second-order valence-corrected chi connectivity index (χ2v) is 3.80. The number of phenolic OH excluding ortho intramolecular Hbond substituents is 1. The second-order valence-electron chi connectivity index (χ2n) is 2.96. The van der Waals surface area contributed by atoms with E-state index in [-0.39, 0.29) is 29.2 Å². The Kier molecular flexibility index (Phi) is 6.06. The lowest BCUT2D eigenvalue weighted by Gasteiger charge is -2.12. The fourth-order valence-electron chi connectivity index (χ4n) is 1.18. The molecule has 0 aliphatic carbocycles. The second kappa shape index (κ2) is 6.23. The van der Waals surface area contributed by atoms with Gasteiger partial charge in [-0.2, -0.15) is 0 Å². The lowest BCUT2D eigenvalue weighted by molar-refractivity contribution is 0.462. The number of nitrogens with two attached hydrogens (primary N) is 1. The van der Waals surface area contributed by atoms with Crippen LogP contribution in [0.5, 0.6) is 5.75 Å². The van der Waals surface area contributed by atoms with E-state index in [1.807, 2.05) is 0 Å². The Labute approximate surface area is 105 Å². The van der Waals surface area contributed by atoms with Gasteiger partial charge in [0.15, 0.2) is 0 Å². The van der Waals surface area contributed by atoms with Crippen LogP contribution in [0.1, 0.15) is 18.0 Å². The monoisotopic (exact) mass is 267 g/mol. The molecule has 3 N–H and O–H groups in total. The fourth-order valence-corrected chi connectivity index (χ4v) is 1.68. The van der Waals surface area contributed by atoms with Crippen molar-refractivity contribution in [3.05, 3.63) is 40.4 Å². The molecule has 15 heavy (non-hydrogen) atoms. The average molecular weight is 269 g/mol. The number of halogens is 3. The van der Waals surface area contributed by atoms with Crippen molar-refractivity contribution < 1.29 is 5.11 Å². The van der Waals surface area contributed by atoms with Crippen LogP contribution in [0, 0.1) is 0 Å². The maximum atomic E-state index is 9.61. The van der Waals surface area contributed by atoms with Crippen LogP contribution in [0.25, 0.3) is 0 Å². The van der Waals surface area contributed by atoms with E-state index in [4.69, 9.17) is 28.9 Å². The Balaban J connectivity index is 0.00000196. The van der Waals surface area contributed by atoms with Crippen molar-refractivity contribution in [2.45, 2.75) is 12.5 Å². The predicted octanol–water partition coefficient (Wildman–Crippen LogP) is 3.70. The van der Waals surface area contributed by atoms with Crippen molar-refractivity contribution in [1.82, 2.24) is 0 Å². The molecule has 1 aromatic carbocycles. The van der Waals surface area contributed by atoms with Gasteiger partial charge in [-0.15, -0.1) is 19.0 Å². The van der Waals surface area contributed by atoms with E-state index in [1.165, 1.54) is 6.07 Å². The normalized spacial score (nSPS) is 11.7. The Morgan fingerprint density at radius 1 is 1.47 bits per heavy atom. The van der Waals surface area contributed by atoms with Gasteiger partial charge in [-0.3, -0.25) is 0 Å². The molecule has 1 aromatic rings. The summed E-state index contributed by atoms with van der Waals surface area (Å²) in [6, 6.07) is 2.75. The summed E-state index contributed by atoms with van der Waals surface area (Å²) in [4.78, 5) is 0. The lowest BCUT2D eigenvalue weighted by Crippen LogP contribution is -2.09. The molecule has 1 rings (SSSR count). The first-order valence-electron chi connectivity index (χ1n) is 4.10. The van der Waals surface area contributed by atoms with Crippen molar-refractivity contribution >= 4 is 35.6 Å². The zero-order valence-electron chi connectivity index (χ0n) is 7.91. The van der Waals surface area contributed by atoms with Crippen LogP contribution in [0.15, 0.2) is 24.8 Å². The largest absolute Gasteiger partial charge is 0.506 e. The Hall–Kier alpha value is -0.410. The first-order chi connectivity index (χ1) is 6.56. The molecule has 0 aliphatic rings. The van der Waals surface area contributed by atoms with Crippen LogP contribution < -0.4 is 5.73 Å². The molecule has 0 radical (unpaired) electrons. The van der Waals surface area contributed by atoms with E-state index in [2.05, 4.69) is 6.58 Å². The van der Waals surface area contributed by atoms with Crippen LogP contribution in [-0.4, -0.2) is 5.11 Å². The van der Waals surface area contributed by atoms with E-state index >= 15 is 0 Å². The third-order valence-electron chi connectivity index (χ3n) is 1.88. The smallest absolute Gasteiger partial charge is 0.139 e. The average Bonchev–Trinajstić information content (AvgIpc) is 2.11. The van der Waals surface area contributed by atoms with Crippen molar-refractivity contribution in [3.8, 4) is 5.75 Å². The molecule has 0 aromatic heterocycles. The molecule has 0 saturated carbocycles. The van der Waals surface area contributed by atoms with E-state index in [9.17, 15) is 5.11 Å². The standard InChI is InChI=1S/C10H11Cl2NO.ClH/c1-2-3-9(13)7-4-6(11)5-8(12)10(7)14;/h2,4-5,9,14H,1,3,13H2;1H/t9-;/m1./s1. The fraction of sp³-hybridized carbons (Fsp3) is 0.200. The lowest BCUT2D eigenvalue weighted by atomic mass is 10.0. The van der Waals surface area contributed by atoms with E-state index < -0.39 is 0 Å². The number of rotatable bonds is 3. The molecular formula is C10H12Cl3NO. The molecule has 2 nitrogen and oxygen atoms in total. The van der Waals surface area contributed by atoms with E-state index in [0.717, 1.165) is 0 Å². The van der Waals surface area contributed by atoms with Gasteiger partial charge in [-0.1, -0.05) is 29.3 Å². The molecule has 0 spiro atoms. The highest BCUT2D eigenvalue weighted by Gasteiger charge is 2.13. The zero-order chi connectivity index (χ0) is 10.7. The first-order valence-corrected chi connectivity index (χ1v) is 4.86. The summed E-state index contributed by atoms with van der Waals surface area (Å²) < 4.78 is 0. The maximum absolute atomic E-state index is 9.61. The van der Waals surface area contributed by atoms with Gasteiger partial charge in [-0.05, 0) is 18.6 Å². The van der Waals surface area contributed by atoms with Gasteiger partial charge in [0.2, 0.25) is 0 Å². The highest BCUT2D eigenvalue weighted by molar-refractivity contribution is 6.35. The van der Waals surface area contributed by atoms with Crippen molar-refractivity contribution in [1.29, 1.82) is 0 Å². The minimum absolute atomic E-state index is 0. The van der Waals surface area contributed by atoms with Gasteiger partial charge in [0, 0.05) is 16.6 Å². The number of phenols is 1. The third-order valence-corrected chi connectivity index (χ3v) is 2.38. The Morgan fingerprint density at radius 2 is 2.07 bits per heavy atom. The molecule has 0 bridgehead atoms. The van der Waals surface area contributed by atoms with Crippen molar-refractivity contribution in [2.24, 2.45) is 5.73 Å². The Bertz CT molecular complexity index is 355. The number of hydrogen-bond donors (Lipinski definition) is 2. The number of hydrogen-bond acceptors (Lipinski definition) is 2. The van der Waals surface area contributed by atoms with Crippen molar-refractivity contribution in [2.75, 3.05) is 0 Å². The summed E-state index contributed by atoms with van der Waals surface area (Å²) in [6.07, 6.45) is 2.24. The molecule has 0 unspecified atom stereocenters. The molecule has 5 heteroatoms. The summed E-state index contributed by atoms with van der Waals surface area (Å²) in [6.45, 7) is 3.57. The molecular weight excluding hydrogens is 256 g/mol. The minimum Gasteiger partial charge on any atom is -0.506 e. The summed E-state index contributed by atoms with van der Waals surface area (Å²) in [5, 5.41) is 10.3. The van der Waals surface area contributed by atoms with Crippen LogP contribution >= 0.6 is 35.6 Å². The molecule has 0 amide bonds. The Morgan fingerprint density at radius 3 is 2.60 bits per heavy atom. The molecule has 1 atom stereocenters. The first kappa shape index (κ1) is 14.6. The number of aromatic hydroxyl groups is 1. The SMILES string of the molecule is C=CC[C@@H](N)c1cc(Cl)cc(Cl)c1O.Cl. The summed E-state index contributed by atoms with van der Waals surface area (Å²) in [5.74, 6) is -0.00887. The van der Waals surface area contributed by atoms with Crippen LogP contribution in [0.2, 0.25) is 10.0 Å². The number of benzene rings is 1. The van der Waals surface area contributed by atoms with Gasteiger partial charge >= 0.3 is 0 Å². The summed E-state index contributed by atoms with van der Waals surface area (Å²) in [7, 11) is 0. The summed E-state index contributed by atoms with van der Waals surface area (Å²) in [5.41, 5.74) is 6.34. The molecule has 0 saturated heterocycles. The van der Waals surface area contributed by atoms with E-state index in [1.54, 1.807) is 12.1 Å². The molecule has 0 fully saturated rings. The highest BCUT2D eigenvalue weighted by atomic mass is 35.5. The van der Waals surface area contributed by atoms with E-state index in [0.29, 0.717) is 17.0 Å². The maximum Gasteiger partial charge on any atom is 0.139 e. The van der Waals surface area contributed by atoms with Gasteiger partial charge in [0.1, 0.15) is 5.75 Å². The van der Waals surface area contributed by atoms with Crippen LogP contribution in [-0.2, 0) is 0 Å². The summed E-state index contributed by atoms with van der Waals surface area (Å²) >= 11 is 11.5.